The molecule has 0 aliphatic heterocycles. The molecule has 0 aromatic rings. The predicted octanol–water partition coefficient (Wildman–Crippen LogP) is 1.08. The van der Waals surface area contributed by atoms with Crippen LogP contribution < -0.4 is 0 Å². The Labute approximate surface area is 71.4 Å². The minimum absolute atomic E-state index is 0.0768. The van der Waals surface area contributed by atoms with Gasteiger partial charge in [0.25, 0.3) is 0 Å². The number of Topliss-reactive ketones (excluding diaryl/α,β-unsaturated/α-hetero) is 1. The highest BCUT2D eigenvalue weighted by Crippen LogP contribution is 2.22. The van der Waals surface area contributed by atoms with Crippen LogP contribution in [-0.2, 0) is 14.3 Å². The fraction of sp³-hybridized carbons (Fsp3) is 0.556. The second-order valence-corrected chi connectivity index (χ2v) is 3.05. The second-order valence-electron chi connectivity index (χ2n) is 3.05. The van der Waals surface area contributed by atoms with E-state index in [-0.39, 0.29) is 24.1 Å². The number of allylic oxidation sites excluding steroid dienone is 1. The van der Waals surface area contributed by atoms with Crippen molar-refractivity contribution in [3.05, 3.63) is 11.6 Å². The van der Waals surface area contributed by atoms with Crippen molar-refractivity contribution in [3.8, 4) is 0 Å². The third-order valence-corrected chi connectivity index (χ3v) is 1.91. The van der Waals surface area contributed by atoms with Crippen molar-refractivity contribution in [2.75, 3.05) is 7.11 Å². The predicted molar refractivity (Wildman–Crippen MR) is 43.5 cm³/mol. The van der Waals surface area contributed by atoms with E-state index in [2.05, 4.69) is 4.74 Å². The molecule has 3 heteroatoms. The fourth-order valence-electron chi connectivity index (χ4n) is 1.30. The van der Waals surface area contributed by atoms with Crippen molar-refractivity contribution in [1.82, 2.24) is 0 Å². The van der Waals surface area contributed by atoms with E-state index in [0.717, 1.165) is 0 Å². The summed E-state index contributed by atoms with van der Waals surface area (Å²) < 4.78 is 4.46. The summed E-state index contributed by atoms with van der Waals surface area (Å²) in [6.07, 6.45) is 2.51. The van der Waals surface area contributed by atoms with E-state index < -0.39 is 0 Å². The molecular weight excluding hydrogens is 156 g/mol. The number of rotatable bonds is 2. The molecule has 0 heterocycles. The Morgan fingerprint density at radius 1 is 1.75 bits per heavy atom. The average Bonchev–Trinajstić information content (AvgIpc) is 2.30. The van der Waals surface area contributed by atoms with E-state index in [1.807, 2.05) is 13.0 Å². The van der Waals surface area contributed by atoms with Crippen LogP contribution in [0.5, 0.6) is 0 Å². The lowest BCUT2D eigenvalue weighted by molar-refractivity contribution is -0.140. The molecule has 0 bridgehead atoms. The van der Waals surface area contributed by atoms with Gasteiger partial charge in [-0.05, 0) is 5.92 Å². The number of ether oxygens (including phenoxy) is 1. The molecule has 66 valence electrons. The molecular formula is C9H12O3. The van der Waals surface area contributed by atoms with Crippen LogP contribution in [0.25, 0.3) is 0 Å². The van der Waals surface area contributed by atoms with Crippen molar-refractivity contribution in [2.45, 2.75) is 19.8 Å². The number of hydrogen-bond donors (Lipinski definition) is 0. The topological polar surface area (TPSA) is 43.4 Å². The summed E-state index contributed by atoms with van der Waals surface area (Å²) in [5, 5.41) is 0. The molecule has 1 aliphatic carbocycles. The highest BCUT2D eigenvalue weighted by molar-refractivity contribution is 6.01. The zero-order valence-electron chi connectivity index (χ0n) is 7.29. The van der Waals surface area contributed by atoms with Gasteiger partial charge in [-0.25, -0.2) is 0 Å². The molecule has 0 saturated carbocycles. The average molecular weight is 168 g/mol. The third-order valence-electron chi connectivity index (χ3n) is 1.91. The first kappa shape index (κ1) is 8.97. The van der Waals surface area contributed by atoms with Gasteiger partial charge in [0.1, 0.15) is 0 Å². The summed E-state index contributed by atoms with van der Waals surface area (Å²) in [5.74, 6) is 0.00811. The molecule has 1 atom stereocenters. The van der Waals surface area contributed by atoms with Crippen LogP contribution in [-0.4, -0.2) is 18.9 Å². The molecule has 0 fully saturated rings. The quantitative estimate of drug-likeness (QED) is 0.579. The standard InChI is InChI=1S/C9H12O3/c1-6-3-7(8(10)4-6)5-9(11)12-2/h3,6H,4-5H2,1-2H3. The second kappa shape index (κ2) is 3.52. The van der Waals surface area contributed by atoms with Crippen molar-refractivity contribution < 1.29 is 14.3 Å². The van der Waals surface area contributed by atoms with Gasteiger partial charge in [-0.2, -0.15) is 0 Å². The van der Waals surface area contributed by atoms with Crippen molar-refractivity contribution >= 4 is 11.8 Å². The van der Waals surface area contributed by atoms with Gasteiger partial charge >= 0.3 is 5.97 Å². The van der Waals surface area contributed by atoms with E-state index in [1.165, 1.54) is 7.11 Å². The molecule has 0 radical (unpaired) electrons. The summed E-state index contributed by atoms with van der Waals surface area (Å²) in [6, 6.07) is 0. The smallest absolute Gasteiger partial charge is 0.310 e. The highest BCUT2D eigenvalue weighted by Gasteiger charge is 2.22. The van der Waals surface area contributed by atoms with Gasteiger partial charge < -0.3 is 4.74 Å². The molecule has 1 unspecified atom stereocenters. The molecule has 3 nitrogen and oxygen atoms in total. The Morgan fingerprint density at radius 3 is 2.83 bits per heavy atom. The summed E-state index contributed by atoms with van der Waals surface area (Å²) in [4.78, 5) is 22.0. The Hall–Kier alpha value is -1.12. The Kier molecular flexibility index (Phi) is 2.63. The van der Waals surface area contributed by atoms with Gasteiger partial charge in [-0.1, -0.05) is 13.0 Å². The van der Waals surface area contributed by atoms with Gasteiger partial charge in [-0.15, -0.1) is 0 Å². The Morgan fingerprint density at radius 2 is 2.42 bits per heavy atom. The van der Waals surface area contributed by atoms with E-state index in [9.17, 15) is 9.59 Å². The number of esters is 1. The van der Waals surface area contributed by atoms with Gasteiger partial charge in [0.15, 0.2) is 5.78 Å². The van der Waals surface area contributed by atoms with Crippen molar-refractivity contribution in [2.24, 2.45) is 5.92 Å². The normalized spacial score (nSPS) is 22.3. The fourth-order valence-corrected chi connectivity index (χ4v) is 1.30. The highest BCUT2D eigenvalue weighted by atomic mass is 16.5. The van der Waals surface area contributed by atoms with Crippen LogP contribution in [0.2, 0.25) is 0 Å². The largest absolute Gasteiger partial charge is 0.469 e. The first-order valence-corrected chi connectivity index (χ1v) is 3.94. The SMILES string of the molecule is COC(=O)CC1=CC(C)CC1=O. The van der Waals surface area contributed by atoms with Crippen molar-refractivity contribution in [3.63, 3.8) is 0 Å². The van der Waals surface area contributed by atoms with E-state index in [4.69, 9.17) is 0 Å². The summed E-state index contributed by atoms with van der Waals surface area (Å²) in [5.41, 5.74) is 0.606. The van der Waals surface area contributed by atoms with E-state index in [0.29, 0.717) is 12.0 Å². The minimum atomic E-state index is -0.344. The summed E-state index contributed by atoms with van der Waals surface area (Å²) in [6.45, 7) is 1.96. The van der Waals surface area contributed by atoms with Crippen LogP contribution >= 0.6 is 0 Å². The summed E-state index contributed by atoms with van der Waals surface area (Å²) >= 11 is 0. The van der Waals surface area contributed by atoms with E-state index in [1.54, 1.807) is 0 Å². The maximum Gasteiger partial charge on any atom is 0.310 e. The molecule has 0 saturated heterocycles. The minimum Gasteiger partial charge on any atom is -0.469 e. The van der Waals surface area contributed by atoms with Crippen LogP contribution in [0.15, 0.2) is 11.6 Å². The number of methoxy groups -OCH3 is 1. The number of ketones is 1. The van der Waals surface area contributed by atoms with Gasteiger partial charge in [0.2, 0.25) is 0 Å². The number of carbonyl (C=O) groups is 2. The first-order chi connectivity index (χ1) is 5.63. The lowest BCUT2D eigenvalue weighted by Crippen LogP contribution is -2.05. The molecule has 0 spiro atoms. The zero-order valence-corrected chi connectivity index (χ0v) is 7.29. The maximum atomic E-state index is 11.2. The third kappa shape index (κ3) is 1.94. The molecule has 12 heavy (non-hydrogen) atoms. The lowest BCUT2D eigenvalue weighted by atomic mass is 10.1. The van der Waals surface area contributed by atoms with E-state index >= 15 is 0 Å². The first-order valence-electron chi connectivity index (χ1n) is 3.94. The van der Waals surface area contributed by atoms with Crippen LogP contribution in [0.1, 0.15) is 19.8 Å². The Bertz CT molecular complexity index is 240. The number of hydrogen-bond acceptors (Lipinski definition) is 3. The molecule has 0 aromatic heterocycles. The molecule has 0 aromatic carbocycles. The zero-order chi connectivity index (χ0) is 9.14. The van der Waals surface area contributed by atoms with Crippen LogP contribution in [0.3, 0.4) is 0 Å². The lowest BCUT2D eigenvalue weighted by Gasteiger charge is -1.97. The van der Waals surface area contributed by atoms with Crippen LogP contribution in [0.4, 0.5) is 0 Å². The monoisotopic (exact) mass is 168 g/mol. The number of carbonyl (C=O) groups excluding carboxylic acids is 2. The molecule has 1 rings (SSSR count). The summed E-state index contributed by atoms with van der Waals surface area (Å²) in [7, 11) is 1.33. The van der Waals surface area contributed by atoms with Gasteiger partial charge in [-0.3, -0.25) is 9.59 Å². The maximum absolute atomic E-state index is 11.2. The van der Waals surface area contributed by atoms with Gasteiger partial charge in [0.05, 0.1) is 13.5 Å². The van der Waals surface area contributed by atoms with Gasteiger partial charge in [0, 0.05) is 12.0 Å². The Balaban J connectivity index is 2.58. The van der Waals surface area contributed by atoms with Crippen LogP contribution in [0, 0.1) is 5.92 Å². The van der Waals surface area contributed by atoms with Crippen molar-refractivity contribution in [1.29, 1.82) is 0 Å². The molecule has 1 aliphatic rings. The molecule has 0 N–H and O–H groups in total. The molecule has 0 amide bonds.